The van der Waals surface area contributed by atoms with Gasteiger partial charge in [-0.05, 0) is 30.4 Å². The van der Waals surface area contributed by atoms with Gasteiger partial charge >= 0.3 is 0 Å². The fraction of sp³-hybridized carbons (Fsp3) is 0.308. The minimum Gasteiger partial charge on any atom is -0.368 e. The molecule has 20 heavy (non-hydrogen) atoms. The number of hydrogen-bond acceptors (Lipinski definition) is 5. The number of halogens is 1. The first-order valence-electron chi connectivity index (χ1n) is 6.25. The van der Waals surface area contributed by atoms with E-state index >= 15 is 0 Å². The van der Waals surface area contributed by atoms with Crippen LogP contribution in [0.2, 0.25) is 5.02 Å². The third-order valence-electron chi connectivity index (χ3n) is 2.99. The molecule has 1 amide bonds. The van der Waals surface area contributed by atoms with Gasteiger partial charge in [-0.1, -0.05) is 29.8 Å². The number of anilines is 1. The quantitative estimate of drug-likeness (QED) is 0.946. The molecule has 104 valence electrons. The third kappa shape index (κ3) is 2.82. The summed E-state index contributed by atoms with van der Waals surface area (Å²) in [5.41, 5.74) is 0.810. The van der Waals surface area contributed by atoms with Gasteiger partial charge in [0.05, 0.1) is 5.02 Å². The highest BCUT2D eigenvalue weighted by molar-refractivity contribution is 7.09. The molecule has 1 saturated heterocycles. The Balaban J connectivity index is 1.74. The van der Waals surface area contributed by atoms with Gasteiger partial charge in [0.15, 0.2) is 0 Å². The largest absolute Gasteiger partial charge is 0.368 e. The lowest BCUT2D eigenvalue weighted by Gasteiger charge is -2.07. The zero-order chi connectivity index (χ0) is 13.9. The third-order valence-corrected chi connectivity index (χ3v) is 4.07. The molecule has 5 nitrogen and oxygen atoms in total. The number of ether oxygens (including phenoxy) is 1. The van der Waals surface area contributed by atoms with Gasteiger partial charge in [0.2, 0.25) is 5.95 Å². The molecule has 1 aromatic carbocycles. The van der Waals surface area contributed by atoms with Crippen LogP contribution >= 0.6 is 23.1 Å². The van der Waals surface area contributed by atoms with Crippen molar-refractivity contribution in [3.8, 4) is 10.6 Å². The van der Waals surface area contributed by atoms with Crippen molar-refractivity contribution < 1.29 is 9.53 Å². The number of benzene rings is 1. The summed E-state index contributed by atoms with van der Waals surface area (Å²) in [4.78, 5) is 16.2. The minimum atomic E-state index is -0.387. The second kappa shape index (κ2) is 5.87. The number of aromatic nitrogens is 2. The molecule has 1 aliphatic rings. The van der Waals surface area contributed by atoms with Gasteiger partial charge in [0, 0.05) is 12.2 Å². The number of nitrogens with one attached hydrogen (secondary N) is 1. The highest BCUT2D eigenvalue weighted by Gasteiger charge is 2.24. The maximum absolute atomic E-state index is 11.9. The summed E-state index contributed by atoms with van der Waals surface area (Å²) in [7, 11) is 0. The van der Waals surface area contributed by atoms with Crippen LogP contribution in [0.1, 0.15) is 12.8 Å². The Hall–Kier alpha value is -1.50. The summed E-state index contributed by atoms with van der Waals surface area (Å²) in [6.45, 7) is 0.632. The van der Waals surface area contributed by atoms with Crippen molar-refractivity contribution in [1.29, 1.82) is 0 Å². The number of hydrogen-bond donors (Lipinski definition) is 1. The molecule has 0 aliphatic carbocycles. The topological polar surface area (TPSA) is 64.1 Å². The van der Waals surface area contributed by atoms with Crippen LogP contribution in [-0.2, 0) is 9.53 Å². The fourth-order valence-electron chi connectivity index (χ4n) is 1.99. The van der Waals surface area contributed by atoms with E-state index in [1.165, 1.54) is 11.5 Å². The molecule has 0 bridgehead atoms. The van der Waals surface area contributed by atoms with Gasteiger partial charge in [-0.3, -0.25) is 10.1 Å². The molecule has 3 rings (SSSR count). The molecule has 2 heterocycles. The van der Waals surface area contributed by atoms with E-state index in [1.54, 1.807) is 6.07 Å². The Morgan fingerprint density at radius 3 is 3.05 bits per heavy atom. The Bertz CT molecular complexity index is 626. The summed E-state index contributed by atoms with van der Waals surface area (Å²) < 4.78 is 9.44. The van der Waals surface area contributed by atoms with Crippen LogP contribution in [-0.4, -0.2) is 28.0 Å². The highest BCUT2D eigenvalue weighted by atomic mass is 35.5. The molecule has 1 N–H and O–H groups in total. The Labute approximate surface area is 125 Å². The van der Waals surface area contributed by atoms with Crippen molar-refractivity contribution in [3.63, 3.8) is 0 Å². The lowest BCUT2D eigenvalue weighted by atomic mass is 10.2. The van der Waals surface area contributed by atoms with Gasteiger partial charge in [-0.25, -0.2) is 0 Å². The maximum atomic E-state index is 11.9. The van der Waals surface area contributed by atoms with Gasteiger partial charge in [-0.2, -0.15) is 9.36 Å². The van der Waals surface area contributed by atoms with E-state index in [1.807, 2.05) is 18.2 Å². The first kappa shape index (κ1) is 13.5. The standard InChI is InChI=1S/C13H12ClN3O2S/c14-9-5-2-1-4-8(9)12-16-13(17-20-12)15-11(18)10-6-3-7-19-10/h1-2,4-5,10H,3,6-7H2,(H,15,17,18). The Morgan fingerprint density at radius 1 is 1.45 bits per heavy atom. The number of nitrogens with zero attached hydrogens (tertiary/aromatic N) is 2. The van der Waals surface area contributed by atoms with Crippen LogP contribution in [0.5, 0.6) is 0 Å². The van der Waals surface area contributed by atoms with E-state index in [4.69, 9.17) is 16.3 Å². The van der Waals surface area contributed by atoms with Crippen LogP contribution in [0.3, 0.4) is 0 Å². The Kier molecular flexibility index (Phi) is 3.95. The maximum Gasteiger partial charge on any atom is 0.255 e. The van der Waals surface area contributed by atoms with E-state index < -0.39 is 0 Å². The van der Waals surface area contributed by atoms with Crippen molar-refractivity contribution in [2.24, 2.45) is 0 Å². The predicted octanol–water partition coefficient (Wildman–Crippen LogP) is 2.98. The second-order valence-electron chi connectivity index (χ2n) is 4.39. The predicted molar refractivity (Wildman–Crippen MR) is 78.0 cm³/mol. The van der Waals surface area contributed by atoms with Crippen LogP contribution in [0.25, 0.3) is 10.6 Å². The number of rotatable bonds is 3. The van der Waals surface area contributed by atoms with Crippen LogP contribution < -0.4 is 5.32 Å². The molecule has 1 atom stereocenters. The lowest BCUT2D eigenvalue weighted by Crippen LogP contribution is -2.27. The normalized spacial score (nSPS) is 18.1. The van der Waals surface area contributed by atoms with Crippen molar-refractivity contribution in [2.45, 2.75) is 18.9 Å². The molecule has 0 radical (unpaired) electrons. The summed E-state index contributed by atoms with van der Waals surface area (Å²) in [6.07, 6.45) is 1.27. The summed E-state index contributed by atoms with van der Waals surface area (Å²) in [6, 6.07) is 7.40. The zero-order valence-corrected chi connectivity index (χ0v) is 12.1. The van der Waals surface area contributed by atoms with Gasteiger partial charge < -0.3 is 4.74 Å². The van der Waals surface area contributed by atoms with E-state index in [0.29, 0.717) is 22.6 Å². The van der Waals surface area contributed by atoms with E-state index in [0.717, 1.165) is 18.4 Å². The van der Waals surface area contributed by atoms with Crippen molar-refractivity contribution in [1.82, 2.24) is 9.36 Å². The van der Waals surface area contributed by atoms with Crippen molar-refractivity contribution in [3.05, 3.63) is 29.3 Å². The number of amides is 1. The summed E-state index contributed by atoms with van der Waals surface area (Å²) in [5.74, 6) is 0.108. The van der Waals surface area contributed by atoms with Crippen molar-refractivity contribution in [2.75, 3.05) is 11.9 Å². The lowest BCUT2D eigenvalue weighted by molar-refractivity contribution is -0.124. The molecule has 1 unspecified atom stereocenters. The Morgan fingerprint density at radius 2 is 2.30 bits per heavy atom. The number of carbonyl (C=O) groups is 1. The van der Waals surface area contributed by atoms with Crippen LogP contribution in [0, 0.1) is 0 Å². The second-order valence-corrected chi connectivity index (χ2v) is 5.55. The highest BCUT2D eigenvalue weighted by Crippen LogP contribution is 2.29. The molecule has 7 heteroatoms. The molecule has 1 aliphatic heterocycles. The SMILES string of the molecule is O=C(Nc1nsc(-c2ccccc2Cl)n1)C1CCCO1. The minimum absolute atomic E-state index is 0.189. The summed E-state index contributed by atoms with van der Waals surface area (Å²) >= 11 is 7.31. The fourth-order valence-corrected chi connectivity index (χ4v) is 2.94. The zero-order valence-electron chi connectivity index (χ0n) is 10.5. The molecule has 1 fully saturated rings. The molecular weight excluding hydrogens is 298 g/mol. The van der Waals surface area contributed by atoms with Gasteiger partial charge in [0.25, 0.3) is 5.91 Å². The first-order chi connectivity index (χ1) is 9.74. The van der Waals surface area contributed by atoms with Crippen LogP contribution in [0.15, 0.2) is 24.3 Å². The van der Waals surface area contributed by atoms with E-state index in [9.17, 15) is 4.79 Å². The average molecular weight is 310 g/mol. The molecule has 0 saturated carbocycles. The van der Waals surface area contributed by atoms with E-state index in [-0.39, 0.29) is 12.0 Å². The molecule has 0 spiro atoms. The number of carbonyl (C=O) groups excluding carboxylic acids is 1. The molecular formula is C13H12ClN3O2S. The van der Waals surface area contributed by atoms with Gasteiger partial charge in [-0.15, -0.1) is 0 Å². The van der Waals surface area contributed by atoms with Crippen molar-refractivity contribution >= 4 is 35.0 Å². The average Bonchev–Trinajstić information content (AvgIpc) is 3.10. The first-order valence-corrected chi connectivity index (χ1v) is 7.40. The smallest absolute Gasteiger partial charge is 0.255 e. The molecule has 2 aromatic rings. The monoisotopic (exact) mass is 309 g/mol. The van der Waals surface area contributed by atoms with Gasteiger partial charge in [0.1, 0.15) is 11.1 Å². The summed E-state index contributed by atoms with van der Waals surface area (Å²) in [5, 5.41) is 3.97. The molecule has 1 aromatic heterocycles. The van der Waals surface area contributed by atoms with Crippen LogP contribution in [0.4, 0.5) is 5.95 Å². The van der Waals surface area contributed by atoms with E-state index in [2.05, 4.69) is 14.7 Å².